The summed E-state index contributed by atoms with van der Waals surface area (Å²) in [5, 5.41) is 4.75. The molecule has 2 N–H and O–H groups in total. The second kappa shape index (κ2) is 7.70. The SMILES string of the molecule is CC(C)(C)OC(=O)N[C@@H](Cc1ccccc1)C(=O)Nc1ccc(S(F)(F)(F)(F)F)cc1. The van der Waals surface area contributed by atoms with E-state index in [0.717, 1.165) is 12.1 Å². The maximum Gasteiger partial charge on any atom is 0.408 e. The molecule has 2 rings (SSSR count). The number of anilines is 1. The van der Waals surface area contributed by atoms with Crippen LogP contribution in [0, 0.1) is 0 Å². The number of carbonyl (C=O) groups is 2. The van der Waals surface area contributed by atoms with Gasteiger partial charge >= 0.3 is 16.3 Å². The molecule has 2 aromatic carbocycles. The Balaban J connectivity index is 2.19. The van der Waals surface area contributed by atoms with E-state index in [1.54, 1.807) is 51.1 Å². The quantitative estimate of drug-likeness (QED) is 0.483. The van der Waals surface area contributed by atoms with Gasteiger partial charge in [0, 0.05) is 12.1 Å². The van der Waals surface area contributed by atoms with Gasteiger partial charge in [-0.2, -0.15) is 0 Å². The lowest BCUT2D eigenvalue weighted by atomic mass is 10.1. The molecule has 1 atom stereocenters. The van der Waals surface area contributed by atoms with Crippen molar-refractivity contribution in [2.45, 2.75) is 43.7 Å². The number of hydrogen-bond acceptors (Lipinski definition) is 3. The van der Waals surface area contributed by atoms with Crippen molar-refractivity contribution in [2.24, 2.45) is 0 Å². The zero-order valence-electron chi connectivity index (χ0n) is 17.0. The first-order chi connectivity index (χ1) is 13.9. The van der Waals surface area contributed by atoms with Gasteiger partial charge < -0.3 is 15.4 Å². The summed E-state index contributed by atoms with van der Waals surface area (Å²) >= 11 is 0. The normalized spacial score (nSPS) is 15.2. The first kappa shape index (κ1) is 24.4. The number of rotatable bonds is 6. The van der Waals surface area contributed by atoms with Crippen molar-refractivity contribution in [1.82, 2.24) is 5.32 Å². The lowest BCUT2D eigenvalue weighted by Gasteiger charge is -2.40. The molecule has 172 valence electrons. The minimum atomic E-state index is -9.81. The lowest BCUT2D eigenvalue weighted by molar-refractivity contribution is -0.118. The first-order valence-corrected chi connectivity index (χ1v) is 11.1. The minimum Gasteiger partial charge on any atom is -0.444 e. The number of carbonyl (C=O) groups excluding carboxylic acids is 2. The molecule has 5 nitrogen and oxygen atoms in total. The van der Waals surface area contributed by atoms with Crippen LogP contribution in [0.5, 0.6) is 0 Å². The summed E-state index contributed by atoms with van der Waals surface area (Å²) < 4.78 is 69.4. The van der Waals surface area contributed by atoms with Gasteiger partial charge in [-0.3, -0.25) is 4.79 Å². The fraction of sp³-hybridized carbons (Fsp3) is 0.300. The van der Waals surface area contributed by atoms with E-state index >= 15 is 0 Å². The van der Waals surface area contributed by atoms with E-state index in [1.807, 2.05) is 0 Å². The molecule has 0 radical (unpaired) electrons. The molecule has 0 aromatic heterocycles. The number of ether oxygens (including phenoxy) is 1. The molecule has 0 fully saturated rings. The molecule has 0 spiro atoms. The van der Waals surface area contributed by atoms with Crippen molar-refractivity contribution in [1.29, 1.82) is 0 Å². The van der Waals surface area contributed by atoms with E-state index < -0.39 is 38.8 Å². The molecule has 0 bridgehead atoms. The van der Waals surface area contributed by atoms with Crippen LogP contribution in [0.2, 0.25) is 0 Å². The van der Waals surface area contributed by atoms with E-state index in [9.17, 15) is 29.0 Å². The number of benzene rings is 2. The summed E-state index contributed by atoms with van der Waals surface area (Å²) in [6, 6.07) is 9.38. The molecule has 0 aliphatic heterocycles. The average molecular weight is 466 g/mol. The van der Waals surface area contributed by atoms with Crippen molar-refractivity contribution in [3.05, 3.63) is 60.2 Å². The summed E-state index contributed by atoms with van der Waals surface area (Å²) in [4.78, 5) is 22.7. The maximum absolute atomic E-state index is 12.8. The number of nitrogens with one attached hydrogen (secondary N) is 2. The standard InChI is InChI=1S/C20H23F5N2O3S/c1-20(2,3)30-19(29)27-17(13-14-7-5-4-6-8-14)18(28)26-15-9-11-16(12-10-15)31(21,22,23,24)25/h4-12,17H,13H2,1-3H3,(H,26,28)(H,27,29)/t17-/m0/s1. The Morgan fingerprint density at radius 1 is 0.935 bits per heavy atom. The molecule has 0 unspecified atom stereocenters. The highest BCUT2D eigenvalue weighted by Crippen LogP contribution is 3.02. The average Bonchev–Trinajstić information content (AvgIpc) is 2.59. The van der Waals surface area contributed by atoms with E-state index in [-0.39, 0.29) is 24.2 Å². The molecule has 0 saturated heterocycles. The van der Waals surface area contributed by atoms with Gasteiger partial charge in [0.25, 0.3) is 0 Å². The smallest absolute Gasteiger partial charge is 0.408 e. The van der Waals surface area contributed by atoms with Crippen LogP contribution in [-0.2, 0) is 16.0 Å². The van der Waals surface area contributed by atoms with Gasteiger partial charge in [0.05, 0.1) is 0 Å². The predicted molar refractivity (Wildman–Crippen MR) is 110 cm³/mol. The van der Waals surface area contributed by atoms with E-state index in [2.05, 4.69) is 10.6 Å². The number of amides is 2. The summed E-state index contributed by atoms with van der Waals surface area (Å²) in [5.74, 6) is -0.755. The lowest BCUT2D eigenvalue weighted by Crippen LogP contribution is -2.47. The molecular weight excluding hydrogens is 443 g/mol. The highest BCUT2D eigenvalue weighted by Gasteiger charge is 2.65. The van der Waals surface area contributed by atoms with E-state index in [1.165, 1.54) is 0 Å². The highest BCUT2D eigenvalue weighted by atomic mass is 32.5. The summed E-state index contributed by atoms with van der Waals surface area (Å²) in [5.41, 5.74) is -0.256. The Hall–Kier alpha value is -2.82. The van der Waals surface area contributed by atoms with Gasteiger partial charge in [-0.05, 0) is 50.6 Å². The van der Waals surface area contributed by atoms with Crippen molar-refractivity contribution < 1.29 is 33.8 Å². The molecule has 0 saturated carbocycles. The summed E-state index contributed by atoms with van der Waals surface area (Å²) in [6.07, 6.45) is -0.796. The van der Waals surface area contributed by atoms with Gasteiger partial charge in [-0.25, -0.2) is 4.79 Å². The highest BCUT2D eigenvalue weighted by molar-refractivity contribution is 8.45. The van der Waals surface area contributed by atoms with E-state index in [0.29, 0.717) is 5.56 Å². The molecule has 31 heavy (non-hydrogen) atoms. The third-order valence-electron chi connectivity index (χ3n) is 3.86. The van der Waals surface area contributed by atoms with E-state index in [4.69, 9.17) is 4.74 Å². The van der Waals surface area contributed by atoms with Crippen LogP contribution >= 0.6 is 10.2 Å². The third kappa shape index (κ3) is 8.08. The molecule has 0 heterocycles. The van der Waals surface area contributed by atoms with Gasteiger partial charge in [-0.1, -0.05) is 49.8 Å². The maximum atomic E-state index is 12.8. The van der Waals surface area contributed by atoms with Crippen LogP contribution in [0.1, 0.15) is 26.3 Å². The van der Waals surface area contributed by atoms with Crippen LogP contribution < -0.4 is 10.6 Å². The first-order valence-electron chi connectivity index (χ1n) is 9.11. The van der Waals surface area contributed by atoms with Crippen LogP contribution in [0.4, 0.5) is 29.9 Å². The summed E-state index contributed by atoms with van der Waals surface area (Å²) in [7, 11) is -9.81. The fourth-order valence-electron chi connectivity index (χ4n) is 2.53. The van der Waals surface area contributed by atoms with Crippen LogP contribution in [0.25, 0.3) is 0 Å². The predicted octanol–water partition coefficient (Wildman–Crippen LogP) is 6.42. The Morgan fingerprint density at radius 2 is 1.48 bits per heavy atom. The number of halogens is 5. The Bertz CT molecular complexity index is 944. The van der Waals surface area contributed by atoms with Gasteiger partial charge in [0.1, 0.15) is 16.5 Å². The fourth-order valence-corrected chi connectivity index (χ4v) is 3.18. The monoisotopic (exact) mass is 466 g/mol. The van der Waals surface area contributed by atoms with Crippen molar-refractivity contribution in [3.63, 3.8) is 0 Å². The van der Waals surface area contributed by atoms with Crippen molar-refractivity contribution in [2.75, 3.05) is 5.32 Å². The zero-order valence-corrected chi connectivity index (χ0v) is 17.8. The third-order valence-corrected chi connectivity index (χ3v) is 5.02. The zero-order chi connectivity index (χ0) is 23.6. The van der Waals surface area contributed by atoms with Crippen LogP contribution in [0.15, 0.2) is 59.5 Å². The van der Waals surface area contributed by atoms with Crippen LogP contribution in [0.3, 0.4) is 0 Å². The molecular formula is C20H23F5N2O3S. The Kier molecular flexibility index (Phi) is 6.07. The molecule has 2 aromatic rings. The van der Waals surface area contributed by atoms with Crippen molar-refractivity contribution >= 4 is 27.9 Å². The molecule has 11 heteroatoms. The molecule has 0 aliphatic carbocycles. The van der Waals surface area contributed by atoms with Gasteiger partial charge in [0.15, 0.2) is 0 Å². The summed E-state index contributed by atoms with van der Waals surface area (Å²) in [6.45, 7) is 4.91. The second-order valence-electron chi connectivity index (χ2n) is 7.87. The largest absolute Gasteiger partial charge is 0.444 e. The molecule has 0 aliphatic rings. The Labute approximate surface area is 176 Å². The Morgan fingerprint density at radius 3 is 1.97 bits per heavy atom. The number of alkyl carbamates (subject to hydrolysis) is 1. The number of hydrogen-bond donors (Lipinski definition) is 2. The van der Waals surface area contributed by atoms with Crippen molar-refractivity contribution in [3.8, 4) is 0 Å². The van der Waals surface area contributed by atoms with Gasteiger partial charge in [-0.15, -0.1) is 0 Å². The minimum absolute atomic E-state index is 0.0649. The second-order valence-corrected chi connectivity index (χ2v) is 10.3. The topological polar surface area (TPSA) is 67.4 Å². The van der Waals surface area contributed by atoms with Gasteiger partial charge in [0.2, 0.25) is 5.91 Å². The molecule has 2 amide bonds. The van der Waals surface area contributed by atoms with Crippen LogP contribution in [-0.4, -0.2) is 23.6 Å².